The van der Waals surface area contributed by atoms with Crippen molar-refractivity contribution in [2.75, 3.05) is 65.1 Å². The van der Waals surface area contributed by atoms with Crippen molar-refractivity contribution in [3.8, 4) is 5.75 Å². The molecule has 2 aromatic rings. The highest BCUT2D eigenvalue weighted by Gasteiger charge is 2.38. The summed E-state index contributed by atoms with van der Waals surface area (Å²) in [6.45, 7) is 7.98. The number of anilines is 1. The minimum atomic E-state index is -1.24. The molecule has 45 heavy (non-hydrogen) atoms. The Bertz CT molecular complexity index is 1260. The van der Waals surface area contributed by atoms with Gasteiger partial charge in [0.05, 0.1) is 26.3 Å². The number of hydrogen-bond acceptors (Lipinski definition) is 8. The van der Waals surface area contributed by atoms with Crippen LogP contribution in [0.2, 0.25) is 0 Å². The first kappa shape index (κ1) is 34.7. The molecule has 0 unspecified atom stereocenters. The third-order valence-electron chi connectivity index (χ3n) is 9.24. The molecule has 2 aromatic carbocycles. The topological polar surface area (TPSA) is 112 Å². The number of benzene rings is 2. The quantitative estimate of drug-likeness (QED) is 0.503. The Morgan fingerprint density at radius 1 is 1.02 bits per heavy atom. The molecular formula is C35H51N3O7. The van der Waals surface area contributed by atoms with Gasteiger partial charge in [0.15, 0.2) is 0 Å². The molecule has 2 aliphatic heterocycles. The van der Waals surface area contributed by atoms with Crippen LogP contribution in [-0.4, -0.2) is 110 Å². The second kappa shape index (κ2) is 16.4. The predicted molar refractivity (Wildman–Crippen MR) is 173 cm³/mol. The Balaban J connectivity index is 1.77. The van der Waals surface area contributed by atoms with Crippen LogP contribution < -0.4 is 9.64 Å². The van der Waals surface area contributed by atoms with Crippen molar-refractivity contribution in [2.45, 2.75) is 64.4 Å². The van der Waals surface area contributed by atoms with Crippen LogP contribution in [0.25, 0.3) is 0 Å². The average molecular weight is 626 g/mol. The fourth-order valence-corrected chi connectivity index (χ4v) is 6.56. The van der Waals surface area contributed by atoms with Gasteiger partial charge < -0.3 is 39.1 Å². The Labute approximate surface area is 267 Å². The molecule has 2 heterocycles. The second-order valence-electron chi connectivity index (χ2n) is 12.6. The number of rotatable bonds is 6. The first-order chi connectivity index (χ1) is 21.6. The highest BCUT2D eigenvalue weighted by atomic mass is 16.5. The number of para-hydroxylation sites is 1. The van der Waals surface area contributed by atoms with Gasteiger partial charge in [0.2, 0.25) is 11.8 Å². The highest BCUT2D eigenvalue weighted by molar-refractivity contribution is 5.83. The van der Waals surface area contributed by atoms with Gasteiger partial charge in [-0.3, -0.25) is 9.59 Å². The maximum absolute atomic E-state index is 14.5. The van der Waals surface area contributed by atoms with Crippen LogP contribution in [0.3, 0.4) is 0 Å². The molecule has 0 spiro atoms. The molecule has 2 amide bonds. The molecule has 0 aromatic heterocycles. The van der Waals surface area contributed by atoms with Gasteiger partial charge in [-0.15, -0.1) is 0 Å². The van der Waals surface area contributed by atoms with Crippen LogP contribution in [0.15, 0.2) is 48.5 Å². The monoisotopic (exact) mass is 625 g/mol. The summed E-state index contributed by atoms with van der Waals surface area (Å²) in [5.41, 5.74) is 3.28. The van der Waals surface area contributed by atoms with E-state index in [9.17, 15) is 19.8 Å². The lowest BCUT2D eigenvalue weighted by Gasteiger charge is -2.42. The van der Waals surface area contributed by atoms with E-state index >= 15 is 0 Å². The van der Waals surface area contributed by atoms with E-state index in [0.29, 0.717) is 38.3 Å². The zero-order valence-corrected chi connectivity index (χ0v) is 27.4. The van der Waals surface area contributed by atoms with Gasteiger partial charge in [-0.25, -0.2) is 0 Å². The van der Waals surface area contributed by atoms with E-state index in [2.05, 4.69) is 30.9 Å². The number of ether oxygens (including phenoxy) is 3. The average Bonchev–Trinajstić information content (AvgIpc) is 3.44. The number of carbonyl (C=O) groups excluding carboxylic acids is 2. The molecule has 2 aliphatic rings. The van der Waals surface area contributed by atoms with Gasteiger partial charge in [0, 0.05) is 58.4 Å². The molecule has 248 valence electrons. The fourth-order valence-electron chi connectivity index (χ4n) is 6.56. The van der Waals surface area contributed by atoms with Crippen LogP contribution in [0.1, 0.15) is 50.8 Å². The van der Waals surface area contributed by atoms with E-state index < -0.39 is 18.3 Å². The fraction of sp³-hybridized carbons (Fsp3) is 0.600. The molecule has 1 saturated heterocycles. The Morgan fingerprint density at radius 2 is 1.80 bits per heavy atom. The minimum absolute atomic E-state index is 0.0189. The van der Waals surface area contributed by atoms with Crippen molar-refractivity contribution in [3.05, 3.63) is 59.7 Å². The normalized spacial score (nSPS) is 25.4. The van der Waals surface area contributed by atoms with Crippen molar-refractivity contribution in [3.63, 3.8) is 0 Å². The number of nitrogens with zero attached hydrogens (tertiary/aromatic N) is 3. The van der Waals surface area contributed by atoms with Gasteiger partial charge in [0.25, 0.3) is 0 Å². The lowest BCUT2D eigenvalue weighted by Crippen LogP contribution is -2.51. The van der Waals surface area contributed by atoms with E-state index in [0.717, 1.165) is 24.2 Å². The van der Waals surface area contributed by atoms with Crippen LogP contribution >= 0.6 is 0 Å². The summed E-state index contributed by atoms with van der Waals surface area (Å²) in [7, 11) is 3.09. The summed E-state index contributed by atoms with van der Waals surface area (Å²) in [6.07, 6.45) is -0.974. The smallest absolute Gasteiger partial charge is 0.242 e. The summed E-state index contributed by atoms with van der Waals surface area (Å²) >= 11 is 0. The maximum atomic E-state index is 14.5. The number of aliphatic hydroxyl groups is 2. The first-order valence-electron chi connectivity index (χ1n) is 16.1. The maximum Gasteiger partial charge on any atom is 0.242 e. The zero-order chi connectivity index (χ0) is 32.5. The van der Waals surface area contributed by atoms with Crippen molar-refractivity contribution < 1.29 is 34.0 Å². The molecule has 10 heteroatoms. The second-order valence-corrected chi connectivity index (χ2v) is 12.6. The van der Waals surface area contributed by atoms with Crippen molar-refractivity contribution in [1.82, 2.24) is 9.80 Å². The van der Waals surface area contributed by atoms with Gasteiger partial charge in [-0.2, -0.15) is 0 Å². The highest BCUT2D eigenvalue weighted by Crippen LogP contribution is 2.37. The third kappa shape index (κ3) is 8.76. The largest absolute Gasteiger partial charge is 0.497 e. The number of fused-ring (bicyclic) bond motifs is 1. The molecule has 0 radical (unpaired) electrons. The van der Waals surface area contributed by atoms with Crippen LogP contribution in [0.4, 0.5) is 5.69 Å². The van der Waals surface area contributed by atoms with E-state index in [-0.39, 0.29) is 49.4 Å². The van der Waals surface area contributed by atoms with Gasteiger partial charge >= 0.3 is 0 Å². The molecule has 5 atom stereocenters. The third-order valence-corrected chi connectivity index (χ3v) is 9.24. The molecule has 0 bridgehead atoms. The standard InChI is InChI=1S/C35H51N3O7/c1-24(2)29-20-37(25(3)39)21-32(44-5)35(42)31(40)23-45-18-9-8-16-38(34(29)27-12-10-13-28(19-27)43-4)33(41)22-36-17-15-26-11-6-7-14-30(26)36/h6-7,10-14,19,24,29,31-32,34-35,40,42H,8-9,15-18,20-23H2,1-5H3/t29-,31+,32+,34-,35+/m1/s1. The molecule has 10 nitrogen and oxygen atoms in total. The summed E-state index contributed by atoms with van der Waals surface area (Å²) in [6, 6.07) is 15.7. The van der Waals surface area contributed by atoms with Gasteiger partial charge in [-0.05, 0) is 54.5 Å². The van der Waals surface area contributed by atoms with Crippen LogP contribution in [-0.2, 0) is 25.5 Å². The number of amides is 2. The lowest BCUT2D eigenvalue weighted by molar-refractivity contribution is -0.139. The molecule has 0 saturated carbocycles. The number of hydrogen-bond donors (Lipinski definition) is 2. The number of carbonyl (C=O) groups is 2. The number of methoxy groups -OCH3 is 2. The van der Waals surface area contributed by atoms with Crippen molar-refractivity contribution in [2.24, 2.45) is 11.8 Å². The van der Waals surface area contributed by atoms with E-state index in [1.807, 2.05) is 41.3 Å². The summed E-state index contributed by atoms with van der Waals surface area (Å²) < 4.78 is 16.9. The van der Waals surface area contributed by atoms with E-state index in [1.165, 1.54) is 19.6 Å². The molecule has 2 N–H and O–H groups in total. The van der Waals surface area contributed by atoms with E-state index in [1.54, 1.807) is 12.0 Å². The van der Waals surface area contributed by atoms with E-state index in [4.69, 9.17) is 14.2 Å². The lowest BCUT2D eigenvalue weighted by atomic mass is 9.82. The van der Waals surface area contributed by atoms with Gasteiger partial charge in [-0.1, -0.05) is 44.2 Å². The SMILES string of the molecule is COc1cccc([C@@H]2[C@@H](C(C)C)CN(C(C)=O)C[C@H](OC)[C@@H](O)[C@@H](O)COCCCCN2C(=O)CN2CCc3ccccc32)c1. The molecule has 1 fully saturated rings. The van der Waals surface area contributed by atoms with Crippen molar-refractivity contribution in [1.29, 1.82) is 0 Å². The predicted octanol–water partition coefficient (Wildman–Crippen LogP) is 3.30. The zero-order valence-electron chi connectivity index (χ0n) is 27.4. The Hall–Kier alpha value is -3.18. The molecule has 0 aliphatic carbocycles. The molecular weight excluding hydrogens is 574 g/mol. The molecule has 4 rings (SSSR count). The van der Waals surface area contributed by atoms with Gasteiger partial charge in [0.1, 0.15) is 24.1 Å². The Morgan fingerprint density at radius 3 is 2.51 bits per heavy atom. The summed E-state index contributed by atoms with van der Waals surface area (Å²) in [4.78, 5) is 33.5. The summed E-state index contributed by atoms with van der Waals surface area (Å²) in [5.74, 6) is 0.435. The van der Waals surface area contributed by atoms with Crippen LogP contribution in [0, 0.1) is 11.8 Å². The minimum Gasteiger partial charge on any atom is -0.497 e. The Kier molecular flexibility index (Phi) is 12.6. The van der Waals surface area contributed by atoms with Crippen LogP contribution in [0.5, 0.6) is 5.75 Å². The number of aliphatic hydroxyl groups excluding tert-OH is 2. The summed E-state index contributed by atoms with van der Waals surface area (Å²) in [5, 5.41) is 21.6. The van der Waals surface area contributed by atoms with Crippen molar-refractivity contribution >= 4 is 17.5 Å². The first-order valence-corrected chi connectivity index (χ1v) is 16.1.